The number of carbonyl (C=O) groups is 5. The predicted molar refractivity (Wildman–Crippen MR) is 186 cm³/mol. The first-order chi connectivity index (χ1) is 24.7. The van der Waals surface area contributed by atoms with Crippen molar-refractivity contribution >= 4 is 29.8 Å². The summed E-state index contributed by atoms with van der Waals surface area (Å²) in [6.07, 6.45) is 5.88. The third-order valence-electron chi connectivity index (χ3n) is 9.82. The van der Waals surface area contributed by atoms with Crippen LogP contribution in [0, 0.1) is 5.92 Å². The molecule has 278 valence electrons. The Morgan fingerprint density at radius 2 is 1.71 bits per heavy atom. The van der Waals surface area contributed by atoms with Crippen molar-refractivity contribution in [2.24, 2.45) is 5.92 Å². The molecule has 0 unspecified atom stereocenters. The van der Waals surface area contributed by atoms with E-state index in [0.717, 1.165) is 38.5 Å². The van der Waals surface area contributed by atoms with Crippen LogP contribution in [0.2, 0.25) is 0 Å². The van der Waals surface area contributed by atoms with Gasteiger partial charge in [0.2, 0.25) is 17.7 Å². The highest BCUT2D eigenvalue weighted by molar-refractivity contribution is 5.96. The zero-order valence-electron chi connectivity index (χ0n) is 29.9. The number of hydrogen-bond donors (Lipinski definition) is 2. The summed E-state index contributed by atoms with van der Waals surface area (Å²) in [4.78, 5) is 74.2. The van der Waals surface area contributed by atoms with Crippen molar-refractivity contribution in [2.45, 2.75) is 90.3 Å². The SMILES string of the molecule is CCCCOC(=O)ON1CCN(C(=O)[C@@H](NC(=O)c2cc(OCC(=O)N3CCC[C@H]3C(=O)NC3CCC3)n(-c3ccccc3)n2)[C@@H](C)CC)CC1. The number of unbranched alkanes of at least 4 members (excludes halogenated alkanes) is 1. The van der Waals surface area contributed by atoms with E-state index in [1.165, 1.54) is 15.8 Å². The number of rotatable bonds is 15. The summed E-state index contributed by atoms with van der Waals surface area (Å²) >= 11 is 0. The summed E-state index contributed by atoms with van der Waals surface area (Å²) in [6, 6.07) is 9.35. The molecule has 2 saturated heterocycles. The highest BCUT2D eigenvalue weighted by Crippen LogP contribution is 2.24. The number of piperazine rings is 1. The van der Waals surface area contributed by atoms with E-state index in [9.17, 15) is 24.0 Å². The highest BCUT2D eigenvalue weighted by atomic mass is 16.8. The van der Waals surface area contributed by atoms with Gasteiger partial charge in [-0.3, -0.25) is 19.2 Å². The number of ether oxygens (including phenoxy) is 2. The monoisotopic (exact) mass is 709 g/mol. The lowest BCUT2D eigenvalue weighted by Gasteiger charge is -2.36. The Labute approximate surface area is 298 Å². The third-order valence-corrected chi connectivity index (χ3v) is 9.82. The molecule has 0 spiro atoms. The van der Waals surface area contributed by atoms with Gasteiger partial charge in [0.1, 0.15) is 12.1 Å². The molecular weight excluding hydrogens is 658 g/mol. The van der Waals surface area contributed by atoms with Crippen molar-refractivity contribution in [2.75, 3.05) is 45.9 Å². The number of para-hydroxylation sites is 1. The number of amides is 4. The van der Waals surface area contributed by atoms with Crippen molar-refractivity contribution in [1.29, 1.82) is 0 Å². The van der Waals surface area contributed by atoms with E-state index in [4.69, 9.17) is 14.3 Å². The van der Waals surface area contributed by atoms with Gasteiger partial charge in [-0.25, -0.2) is 9.48 Å². The van der Waals surface area contributed by atoms with Crippen molar-refractivity contribution in [3.8, 4) is 11.6 Å². The van der Waals surface area contributed by atoms with Crippen LogP contribution in [-0.2, 0) is 24.0 Å². The number of benzene rings is 1. The van der Waals surface area contributed by atoms with E-state index >= 15 is 0 Å². The number of nitrogens with zero attached hydrogens (tertiary/aromatic N) is 5. The van der Waals surface area contributed by atoms with Crippen molar-refractivity contribution < 1.29 is 38.3 Å². The molecule has 15 nitrogen and oxygen atoms in total. The zero-order chi connectivity index (χ0) is 36.3. The standard InChI is InChI=1S/C36H51N7O8/c1-4-6-22-49-36(48)51-41-20-18-40(19-21-41)35(47)32(25(3)5-2)38-33(45)28-23-31(43(39-28)27-14-8-7-9-15-27)50-24-30(44)42-17-11-16-29(42)34(46)37-26-12-10-13-26/h7-9,14-15,23,25-26,29,32H,4-6,10-13,16-22,24H2,1-3H3,(H,37,46)(H,38,45)/t25-,29-,32-/m0/s1. The molecule has 3 aliphatic rings. The van der Waals surface area contributed by atoms with E-state index in [1.54, 1.807) is 21.9 Å². The van der Waals surface area contributed by atoms with E-state index in [2.05, 4.69) is 15.7 Å². The Balaban J connectivity index is 1.23. The van der Waals surface area contributed by atoms with Crippen molar-refractivity contribution in [1.82, 2.24) is 35.3 Å². The minimum atomic E-state index is -0.833. The van der Waals surface area contributed by atoms with Crippen LogP contribution >= 0.6 is 0 Å². The van der Waals surface area contributed by atoms with E-state index in [-0.39, 0.29) is 47.9 Å². The van der Waals surface area contributed by atoms with Gasteiger partial charge in [-0.1, -0.05) is 51.8 Å². The Morgan fingerprint density at radius 1 is 0.961 bits per heavy atom. The smallest absolute Gasteiger partial charge is 0.467 e. The lowest BCUT2D eigenvalue weighted by Crippen LogP contribution is -2.56. The average Bonchev–Trinajstić information content (AvgIpc) is 3.80. The van der Waals surface area contributed by atoms with Crippen LogP contribution in [0.3, 0.4) is 0 Å². The van der Waals surface area contributed by atoms with Gasteiger partial charge < -0.3 is 34.7 Å². The summed E-state index contributed by atoms with van der Waals surface area (Å²) < 4.78 is 12.5. The summed E-state index contributed by atoms with van der Waals surface area (Å²) in [5.41, 5.74) is 0.628. The molecule has 2 N–H and O–H groups in total. The second-order valence-corrected chi connectivity index (χ2v) is 13.4. The molecule has 1 aliphatic carbocycles. The normalized spacial score (nSPS) is 19.1. The molecule has 2 aliphatic heterocycles. The molecule has 51 heavy (non-hydrogen) atoms. The van der Waals surface area contributed by atoms with Gasteiger partial charge in [-0.2, -0.15) is 5.10 Å². The van der Waals surface area contributed by atoms with E-state index in [0.29, 0.717) is 57.9 Å². The number of hydrogen-bond acceptors (Lipinski definition) is 10. The molecule has 2 aromatic rings. The van der Waals surface area contributed by atoms with Crippen LogP contribution < -0.4 is 15.4 Å². The maximum absolute atomic E-state index is 13.8. The summed E-state index contributed by atoms with van der Waals surface area (Å²) in [7, 11) is 0. The van der Waals surface area contributed by atoms with Gasteiger partial charge in [0.05, 0.1) is 25.4 Å². The molecule has 3 atom stereocenters. The molecule has 5 rings (SSSR count). The molecular formula is C36H51N7O8. The van der Waals surface area contributed by atoms with Crippen LogP contribution in [0.25, 0.3) is 5.69 Å². The summed E-state index contributed by atoms with van der Waals surface area (Å²) in [5, 5.41) is 11.9. The van der Waals surface area contributed by atoms with Gasteiger partial charge in [0.25, 0.3) is 11.8 Å². The fourth-order valence-electron chi connectivity index (χ4n) is 6.26. The molecule has 15 heteroatoms. The Bertz CT molecular complexity index is 1510. The third kappa shape index (κ3) is 9.78. The molecule has 1 aromatic carbocycles. The average molecular weight is 710 g/mol. The number of aromatic nitrogens is 2. The molecule has 3 heterocycles. The second-order valence-electron chi connectivity index (χ2n) is 13.4. The number of hydroxylamine groups is 2. The molecule has 3 fully saturated rings. The highest BCUT2D eigenvalue weighted by Gasteiger charge is 2.37. The van der Waals surface area contributed by atoms with E-state index in [1.807, 2.05) is 39.0 Å². The Kier molecular flexibility index (Phi) is 13.3. The summed E-state index contributed by atoms with van der Waals surface area (Å²) in [6.45, 7) is 7.48. The molecule has 1 aromatic heterocycles. The quantitative estimate of drug-likeness (QED) is 0.208. The molecule has 0 radical (unpaired) electrons. The maximum Gasteiger partial charge on any atom is 0.527 e. The van der Waals surface area contributed by atoms with Crippen LogP contribution in [-0.4, -0.2) is 118 Å². The van der Waals surface area contributed by atoms with Gasteiger partial charge >= 0.3 is 6.16 Å². The van der Waals surface area contributed by atoms with Crippen LogP contribution in [0.5, 0.6) is 5.88 Å². The lowest BCUT2D eigenvalue weighted by molar-refractivity contribution is -0.158. The van der Waals surface area contributed by atoms with Crippen LogP contribution in [0.15, 0.2) is 36.4 Å². The van der Waals surface area contributed by atoms with Gasteiger partial charge in [0, 0.05) is 31.7 Å². The van der Waals surface area contributed by atoms with Crippen LogP contribution in [0.1, 0.15) is 82.6 Å². The van der Waals surface area contributed by atoms with Gasteiger partial charge in [-0.05, 0) is 56.6 Å². The maximum atomic E-state index is 13.8. The number of nitrogens with one attached hydrogen (secondary N) is 2. The topological polar surface area (TPSA) is 165 Å². The Hall–Kier alpha value is -4.66. The fraction of sp³-hybridized carbons (Fsp3) is 0.611. The van der Waals surface area contributed by atoms with Crippen molar-refractivity contribution in [3.05, 3.63) is 42.1 Å². The number of likely N-dealkylation sites (tertiary alicyclic amines) is 1. The number of carbonyl (C=O) groups excluding carboxylic acids is 5. The molecule has 4 amide bonds. The van der Waals surface area contributed by atoms with Gasteiger partial charge in [0.15, 0.2) is 12.3 Å². The first-order valence-electron chi connectivity index (χ1n) is 18.3. The largest absolute Gasteiger partial charge is 0.527 e. The summed E-state index contributed by atoms with van der Waals surface area (Å²) in [5.74, 6) is -1.28. The second kappa shape index (κ2) is 18.0. The predicted octanol–water partition coefficient (Wildman–Crippen LogP) is 3.07. The molecule has 1 saturated carbocycles. The van der Waals surface area contributed by atoms with E-state index < -0.39 is 24.1 Å². The van der Waals surface area contributed by atoms with Gasteiger partial charge in [-0.15, -0.1) is 5.06 Å². The minimum absolute atomic E-state index is 0.0149. The lowest BCUT2D eigenvalue weighted by atomic mass is 9.93. The minimum Gasteiger partial charge on any atom is -0.467 e. The first kappa shape index (κ1) is 37.6. The van der Waals surface area contributed by atoms with Crippen LogP contribution in [0.4, 0.5) is 4.79 Å². The van der Waals surface area contributed by atoms with Crippen molar-refractivity contribution in [3.63, 3.8) is 0 Å². The first-order valence-corrected chi connectivity index (χ1v) is 18.3. The fourth-order valence-corrected chi connectivity index (χ4v) is 6.26. The Morgan fingerprint density at radius 3 is 2.37 bits per heavy atom. The zero-order valence-corrected chi connectivity index (χ0v) is 29.9. The molecule has 0 bridgehead atoms.